The summed E-state index contributed by atoms with van der Waals surface area (Å²) in [6.45, 7) is 0. The van der Waals surface area contributed by atoms with Gasteiger partial charge in [0.1, 0.15) is 12.2 Å². The summed E-state index contributed by atoms with van der Waals surface area (Å²) in [5, 5.41) is 3.63. The first-order valence-electron chi connectivity index (χ1n) is 14.3. The van der Waals surface area contributed by atoms with Crippen molar-refractivity contribution < 1.29 is 19.1 Å². The minimum absolute atomic E-state index is 0.0192. The Morgan fingerprint density at radius 3 is 2.08 bits per heavy atom. The highest BCUT2D eigenvalue weighted by Crippen LogP contribution is 2.44. The van der Waals surface area contributed by atoms with Gasteiger partial charge in [-0.3, -0.25) is 9.69 Å². The van der Waals surface area contributed by atoms with Gasteiger partial charge in [0, 0.05) is 49.1 Å². The van der Waals surface area contributed by atoms with E-state index < -0.39 is 0 Å². The summed E-state index contributed by atoms with van der Waals surface area (Å²) in [4.78, 5) is 28.3. The monoisotopic (exact) mass is 514 g/mol. The van der Waals surface area contributed by atoms with Crippen LogP contribution in [-0.4, -0.2) is 53.2 Å². The van der Waals surface area contributed by atoms with Crippen molar-refractivity contribution in [2.75, 3.05) is 0 Å². The average molecular weight is 515 g/mol. The molecule has 0 radical (unpaired) electrons. The van der Waals surface area contributed by atoms with Gasteiger partial charge in [-0.15, -0.1) is 0 Å². The fourth-order valence-corrected chi connectivity index (χ4v) is 7.26. The third-order valence-electron chi connectivity index (χ3n) is 8.87. The molecule has 6 heteroatoms. The van der Waals surface area contributed by atoms with Crippen molar-refractivity contribution in [3.63, 3.8) is 0 Å². The Balaban J connectivity index is 1.10. The summed E-state index contributed by atoms with van der Waals surface area (Å²) in [7, 11) is 0. The number of hydrogen-bond donors (Lipinski definition) is 1. The zero-order valence-corrected chi connectivity index (χ0v) is 21.9. The van der Waals surface area contributed by atoms with E-state index in [0.29, 0.717) is 18.5 Å². The van der Waals surface area contributed by atoms with Gasteiger partial charge in [0.25, 0.3) is 0 Å². The Morgan fingerprint density at radius 1 is 0.816 bits per heavy atom. The molecule has 4 bridgehead atoms. The van der Waals surface area contributed by atoms with Crippen LogP contribution in [0.3, 0.4) is 0 Å². The van der Waals surface area contributed by atoms with Gasteiger partial charge in [0.15, 0.2) is 0 Å². The Labute approximate surface area is 225 Å². The van der Waals surface area contributed by atoms with Crippen molar-refractivity contribution in [2.24, 2.45) is 0 Å². The number of benzene rings is 2. The van der Waals surface area contributed by atoms with E-state index in [4.69, 9.17) is 9.47 Å². The van der Waals surface area contributed by atoms with Crippen LogP contribution >= 0.6 is 0 Å². The van der Waals surface area contributed by atoms with Crippen molar-refractivity contribution >= 4 is 18.0 Å². The topological polar surface area (TPSA) is 67.9 Å². The lowest BCUT2D eigenvalue weighted by Crippen LogP contribution is -2.48. The maximum absolute atomic E-state index is 13.3. The second-order valence-electron chi connectivity index (χ2n) is 11.5. The lowest BCUT2D eigenvalue weighted by molar-refractivity contribution is -0.153. The molecule has 6 nitrogen and oxygen atoms in total. The van der Waals surface area contributed by atoms with Crippen LogP contribution < -0.4 is 5.32 Å². The molecule has 6 rings (SSSR count). The number of ether oxygens (including phenoxy) is 2. The van der Waals surface area contributed by atoms with Gasteiger partial charge in [-0.1, -0.05) is 60.7 Å². The maximum Gasteiger partial charge on any atom is 0.331 e. The van der Waals surface area contributed by atoms with Crippen LogP contribution in [0.15, 0.2) is 66.7 Å². The minimum atomic E-state index is -0.286. The summed E-state index contributed by atoms with van der Waals surface area (Å²) in [6, 6.07) is 21.7. The van der Waals surface area contributed by atoms with E-state index in [1.165, 1.54) is 18.9 Å². The molecule has 4 aliphatic rings. The molecular formula is C32H38N2O4. The predicted octanol–water partition coefficient (Wildman–Crippen LogP) is 5.20. The van der Waals surface area contributed by atoms with Crippen molar-refractivity contribution in [1.29, 1.82) is 0 Å². The molecular weight excluding hydrogens is 476 g/mol. The quantitative estimate of drug-likeness (QED) is 0.386. The van der Waals surface area contributed by atoms with Gasteiger partial charge in [-0.2, -0.15) is 0 Å². The highest BCUT2D eigenvalue weighted by Gasteiger charge is 2.46. The van der Waals surface area contributed by atoms with E-state index in [1.807, 2.05) is 48.5 Å². The number of hydrogen-bond acceptors (Lipinski definition) is 6. The third-order valence-corrected chi connectivity index (χ3v) is 8.87. The number of rotatable bonds is 8. The van der Waals surface area contributed by atoms with E-state index in [0.717, 1.165) is 49.7 Å². The molecule has 38 heavy (non-hydrogen) atoms. The second-order valence-corrected chi connectivity index (χ2v) is 11.5. The Kier molecular flexibility index (Phi) is 7.61. The summed E-state index contributed by atoms with van der Waals surface area (Å²) in [5.41, 5.74) is 2.14. The first-order valence-corrected chi connectivity index (χ1v) is 14.3. The number of piperidine rings is 2. The van der Waals surface area contributed by atoms with Gasteiger partial charge in [0.05, 0.1) is 6.42 Å². The van der Waals surface area contributed by atoms with Gasteiger partial charge in [0.2, 0.25) is 0 Å². The van der Waals surface area contributed by atoms with Crippen LogP contribution in [0.4, 0.5) is 0 Å². The number of esters is 2. The summed E-state index contributed by atoms with van der Waals surface area (Å²) < 4.78 is 11.9. The number of carbonyl (C=O) groups excluding carboxylic acids is 2. The first-order chi connectivity index (χ1) is 18.6. The molecule has 2 aromatic carbocycles. The molecule has 4 heterocycles. The molecule has 0 aromatic heterocycles. The average Bonchev–Trinajstić information content (AvgIpc) is 3.41. The van der Waals surface area contributed by atoms with Crippen LogP contribution in [0, 0.1) is 0 Å². The Bertz CT molecular complexity index is 1110. The van der Waals surface area contributed by atoms with E-state index in [2.05, 4.69) is 22.3 Å². The molecule has 0 aliphatic carbocycles. The molecule has 2 aromatic rings. The fraction of sp³-hybridized carbons (Fsp3) is 0.500. The van der Waals surface area contributed by atoms with Crippen molar-refractivity contribution in [3.8, 4) is 0 Å². The molecule has 4 unspecified atom stereocenters. The normalized spacial score (nSPS) is 31.3. The summed E-state index contributed by atoms with van der Waals surface area (Å²) in [5.74, 6) is -0.380. The van der Waals surface area contributed by atoms with Crippen molar-refractivity contribution in [1.82, 2.24) is 10.2 Å². The summed E-state index contributed by atoms with van der Waals surface area (Å²) in [6.07, 6.45) is 11.6. The Hall–Kier alpha value is -2.96. The molecule has 0 spiro atoms. The third kappa shape index (κ3) is 5.87. The standard InChI is InChI=1S/C32H38N2O4/c35-31(16-11-22-7-3-1-4-8-22)37-29-19-26-14-15-27(20-29)34(26)30(23-9-5-2-6-10-23)21-32(36)38-28-17-24-12-13-25(18-28)33-24/h1-11,16,24-30,33H,12-15,17-21H2/b16-11+/t24?,25?,26?,27?,28?,29?,30-/m1/s1. The molecule has 4 saturated heterocycles. The fourth-order valence-electron chi connectivity index (χ4n) is 7.26. The predicted molar refractivity (Wildman–Crippen MR) is 146 cm³/mol. The molecule has 4 fully saturated rings. The highest BCUT2D eigenvalue weighted by molar-refractivity contribution is 5.87. The van der Waals surface area contributed by atoms with Gasteiger partial charge < -0.3 is 14.8 Å². The van der Waals surface area contributed by atoms with Crippen LogP contribution in [0.2, 0.25) is 0 Å². The van der Waals surface area contributed by atoms with Crippen molar-refractivity contribution in [3.05, 3.63) is 77.9 Å². The molecule has 200 valence electrons. The molecule has 0 amide bonds. The second kappa shape index (κ2) is 11.4. The van der Waals surface area contributed by atoms with Crippen LogP contribution in [-0.2, 0) is 19.1 Å². The largest absolute Gasteiger partial charge is 0.462 e. The lowest BCUT2D eigenvalue weighted by Gasteiger charge is -2.43. The minimum Gasteiger partial charge on any atom is -0.462 e. The molecule has 4 aliphatic heterocycles. The molecule has 0 saturated carbocycles. The zero-order valence-electron chi connectivity index (χ0n) is 21.9. The first kappa shape index (κ1) is 25.3. The number of nitrogens with zero attached hydrogens (tertiary/aromatic N) is 1. The number of fused-ring (bicyclic) bond motifs is 4. The summed E-state index contributed by atoms with van der Waals surface area (Å²) >= 11 is 0. The van der Waals surface area contributed by atoms with E-state index >= 15 is 0 Å². The van der Waals surface area contributed by atoms with Gasteiger partial charge in [-0.25, -0.2) is 4.79 Å². The van der Waals surface area contributed by atoms with Crippen LogP contribution in [0.1, 0.15) is 75.0 Å². The van der Waals surface area contributed by atoms with E-state index in [1.54, 1.807) is 6.08 Å². The van der Waals surface area contributed by atoms with Gasteiger partial charge in [-0.05, 0) is 55.7 Å². The van der Waals surface area contributed by atoms with Crippen LogP contribution in [0.25, 0.3) is 6.08 Å². The van der Waals surface area contributed by atoms with Crippen LogP contribution in [0.5, 0.6) is 0 Å². The van der Waals surface area contributed by atoms with E-state index in [-0.39, 0.29) is 42.3 Å². The van der Waals surface area contributed by atoms with Gasteiger partial charge >= 0.3 is 11.9 Å². The SMILES string of the molecule is O=C(/C=C/c1ccccc1)OC1CC2CCC(C1)N2[C@H](CC(=O)OC1CC2CCC(C1)N2)c1ccccc1. The highest BCUT2D eigenvalue weighted by atomic mass is 16.5. The molecule has 5 atom stereocenters. The number of carbonyl (C=O) groups is 2. The smallest absolute Gasteiger partial charge is 0.331 e. The van der Waals surface area contributed by atoms with E-state index in [9.17, 15) is 9.59 Å². The number of nitrogens with one attached hydrogen (secondary N) is 1. The van der Waals surface area contributed by atoms with Crippen molar-refractivity contribution in [2.45, 2.75) is 100 Å². The zero-order chi connectivity index (χ0) is 25.9. The lowest BCUT2D eigenvalue weighted by atomic mass is 9.93. The Morgan fingerprint density at radius 2 is 1.42 bits per heavy atom. The molecule has 1 N–H and O–H groups in total. The maximum atomic E-state index is 13.3.